The topological polar surface area (TPSA) is 96.4 Å². The van der Waals surface area contributed by atoms with Crippen LogP contribution in [0.25, 0.3) is 32.9 Å². The van der Waals surface area contributed by atoms with Crippen LogP contribution in [-0.2, 0) is 11.3 Å². The fourth-order valence-corrected chi connectivity index (χ4v) is 5.99. The van der Waals surface area contributed by atoms with Crippen molar-refractivity contribution in [3.63, 3.8) is 0 Å². The molecule has 37 heavy (non-hydrogen) atoms. The van der Waals surface area contributed by atoms with Crippen LogP contribution < -0.4 is 15.3 Å². The number of hydrogen-bond donors (Lipinski definition) is 1. The highest BCUT2D eigenvalue weighted by atomic mass is 35.5. The number of H-pyrrole nitrogens is 1. The molecule has 0 saturated carbocycles. The first kappa shape index (κ1) is 23.5. The number of aromatic nitrogens is 4. The van der Waals surface area contributed by atoms with Gasteiger partial charge in [0.25, 0.3) is 0 Å². The fourth-order valence-electron chi connectivity index (χ4n) is 5.70. The van der Waals surface area contributed by atoms with Crippen molar-refractivity contribution in [3.05, 3.63) is 58.1 Å². The number of piperazine rings is 1. The number of halogens is 1. The first-order chi connectivity index (χ1) is 17.8. The molecule has 2 aromatic carbocycles. The van der Waals surface area contributed by atoms with Crippen LogP contribution in [0.4, 0.5) is 5.82 Å². The Morgan fingerprint density at radius 1 is 1.22 bits per heavy atom. The zero-order chi connectivity index (χ0) is 26.0. The Hall–Kier alpha value is -3.85. The van der Waals surface area contributed by atoms with Crippen LogP contribution in [0.1, 0.15) is 19.4 Å². The second kappa shape index (κ2) is 8.62. The van der Waals surface area contributed by atoms with Gasteiger partial charge in [-0.3, -0.25) is 14.5 Å². The van der Waals surface area contributed by atoms with E-state index in [-0.39, 0.29) is 23.7 Å². The van der Waals surface area contributed by atoms with Crippen molar-refractivity contribution in [1.29, 1.82) is 0 Å². The van der Waals surface area contributed by atoms with Crippen LogP contribution >= 0.6 is 11.6 Å². The molecular formula is C27H27ClN6O3. The summed E-state index contributed by atoms with van der Waals surface area (Å²) in [5.74, 6) is 1.03. The molecule has 0 bridgehead atoms. The Balaban J connectivity index is 1.59. The fraction of sp³-hybridized carbons (Fsp3) is 0.333. The number of fused-ring (bicyclic) bond motifs is 1. The molecule has 1 fully saturated rings. The van der Waals surface area contributed by atoms with Gasteiger partial charge in [-0.05, 0) is 44.5 Å². The van der Waals surface area contributed by atoms with Gasteiger partial charge < -0.3 is 14.5 Å². The van der Waals surface area contributed by atoms with E-state index in [1.54, 1.807) is 15.7 Å². The van der Waals surface area contributed by atoms with Crippen LogP contribution in [0, 0.1) is 6.92 Å². The second-order valence-electron chi connectivity index (χ2n) is 9.81. The standard InChI is InChI=1S/C27H27ClN6O3/c1-5-21(35)33-12-16(4)34(13-15(33)3)26-17-10-19(28)23(22-14(2)6-7-20-18(22)11-29-31-20)25-24(17)32(8-9-37-25)27(36)30-26/h5-7,10-11,15-16H,1,8-9,12-13H2,2-4H3,(H,29,31)/t15-,16+/m1/s1. The van der Waals surface area contributed by atoms with Gasteiger partial charge in [0.05, 0.1) is 28.8 Å². The first-order valence-corrected chi connectivity index (χ1v) is 12.7. The molecule has 0 radical (unpaired) electrons. The van der Waals surface area contributed by atoms with Crippen LogP contribution in [0.2, 0.25) is 5.02 Å². The molecule has 6 rings (SSSR count). The predicted octanol–water partition coefficient (Wildman–Crippen LogP) is 3.91. The Kier molecular flexibility index (Phi) is 5.49. The predicted molar refractivity (Wildman–Crippen MR) is 145 cm³/mol. The maximum absolute atomic E-state index is 13.3. The number of carbonyl (C=O) groups is 1. The molecule has 1 N–H and O–H groups in total. The Labute approximate surface area is 218 Å². The minimum atomic E-state index is -0.331. The van der Waals surface area contributed by atoms with E-state index >= 15 is 0 Å². The highest BCUT2D eigenvalue weighted by Gasteiger charge is 2.35. The zero-order valence-electron chi connectivity index (χ0n) is 20.9. The van der Waals surface area contributed by atoms with E-state index in [9.17, 15) is 9.59 Å². The van der Waals surface area contributed by atoms with E-state index in [2.05, 4.69) is 26.7 Å². The molecule has 2 atom stereocenters. The molecule has 1 amide bonds. The molecule has 2 aromatic heterocycles. The number of amides is 1. The number of aryl methyl sites for hydroxylation is 1. The third kappa shape index (κ3) is 3.52. The zero-order valence-corrected chi connectivity index (χ0v) is 21.7. The van der Waals surface area contributed by atoms with Crippen molar-refractivity contribution < 1.29 is 9.53 Å². The normalized spacial score (nSPS) is 19.4. The van der Waals surface area contributed by atoms with E-state index in [0.29, 0.717) is 48.3 Å². The molecule has 2 aliphatic heterocycles. The maximum atomic E-state index is 13.3. The first-order valence-electron chi connectivity index (χ1n) is 12.3. The van der Waals surface area contributed by atoms with E-state index in [1.807, 2.05) is 39.0 Å². The lowest BCUT2D eigenvalue weighted by Gasteiger charge is -2.44. The lowest BCUT2D eigenvalue weighted by atomic mass is 9.94. The third-order valence-corrected chi connectivity index (χ3v) is 7.81. The average Bonchev–Trinajstić information content (AvgIpc) is 3.36. The smallest absolute Gasteiger partial charge is 0.350 e. The quantitative estimate of drug-likeness (QED) is 0.413. The number of ether oxygens (including phenoxy) is 1. The minimum Gasteiger partial charge on any atom is -0.489 e. The van der Waals surface area contributed by atoms with Crippen LogP contribution in [-0.4, -0.2) is 62.3 Å². The summed E-state index contributed by atoms with van der Waals surface area (Å²) in [5.41, 5.74) is 3.93. The van der Waals surface area contributed by atoms with Crippen molar-refractivity contribution in [2.45, 2.75) is 39.4 Å². The Morgan fingerprint density at radius 3 is 2.81 bits per heavy atom. The number of carbonyl (C=O) groups excluding carboxylic acids is 1. The molecule has 0 unspecified atom stereocenters. The molecule has 4 aromatic rings. The summed E-state index contributed by atoms with van der Waals surface area (Å²) in [7, 11) is 0. The van der Waals surface area contributed by atoms with Crippen molar-refractivity contribution >= 4 is 45.1 Å². The molecule has 190 valence electrons. The van der Waals surface area contributed by atoms with Crippen LogP contribution in [0.15, 0.2) is 41.8 Å². The molecule has 0 aliphatic carbocycles. The lowest BCUT2D eigenvalue weighted by Crippen LogP contribution is -2.58. The summed E-state index contributed by atoms with van der Waals surface area (Å²) in [6.07, 6.45) is 3.12. The summed E-state index contributed by atoms with van der Waals surface area (Å²) >= 11 is 7.03. The third-order valence-electron chi connectivity index (χ3n) is 7.51. The number of rotatable bonds is 3. The molecule has 0 spiro atoms. The van der Waals surface area contributed by atoms with Gasteiger partial charge in [-0.1, -0.05) is 24.2 Å². The van der Waals surface area contributed by atoms with Crippen molar-refractivity contribution in [1.82, 2.24) is 24.6 Å². The lowest BCUT2D eigenvalue weighted by molar-refractivity contribution is -0.128. The van der Waals surface area contributed by atoms with Gasteiger partial charge in [-0.15, -0.1) is 0 Å². The monoisotopic (exact) mass is 518 g/mol. The van der Waals surface area contributed by atoms with Gasteiger partial charge in [0.15, 0.2) is 5.75 Å². The van der Waals surface area contributed by atoms with E-state index in [1.165, 1.54) is 6.08 Å². The number of nitrogens with one attached hydrogen (secondary N) is 1. The number of nitrogens with zero attached hydrogens (tertiary/aromatic N) is 5. The van der Waals surface area contributed by atoms with Crippen LogP contribution in [0.5, 0.6) is 5.75 Å². The SMILES string of the molecule is C=CC(=O)N1C[C@H](C)N(c2nc(=O)n3c4c(c(-c5c(C)ccc6[nH]ncc56)c(Cl)cc24)OCC3)C[C@H]1C. The number of anilines is 1. The van der Waals surface area contributed by atoms with E-state index in [4.69, 9.17) is 16.3 Å². The molecule has 10 heteroatoms. The van der Waals surface area contributed by atoms with Crippen molar-refractivity contribution in [2.24, 2.45) is 0 Å². The molecule has 4 heterocycles. The van der Waals surface area contributed by atoms with Gasteiger partial charge in [-0.2, -0.15) is 10.1 Å². The number of aromatic amines is 1. The summed E-state index contributed by atoms with van der Waals surface area (Å²) in [6, 6.07) is 5.74. The van der Waals surface area contributed by atoms with Gasteiger partial charge >= 0.3 is 5.69 Å². The van der Waals surface area contributed by atoms with Gasteiger partial charge in [0, 0.05) is 47.1 Å². The van der Waals surface area contributed by atoms with Crippen molar-refractivity contribution in [2.75, 3.05) is 24.6 Å². The Bertz CT molecular complexity index is 1660. The average molecular weight is 519 g/mol. The number of hydrogen-bond acceptors (Lipinski definition) is 6. The summed E-state index contributed by atoms with van der Waals surface area (Å²) in [6.45, 7) is 11.4. The summed E-state index contributed by atoms with van der Waals surface area (Å²) in [5, 5.41) is 9.44. The summed E-state index contributed by atoms with van der Waals surface area (Å²) < 4.78 is 7.94. The van der Waals surface area contributed by atoms with Crippen molar-refractivity contribution in [3.8, 4) is 16.9 Å². The highest BCUT2D eigenvalue weighted by Crippen LogP contribution is 2.48. The summed E-state index contributed by atoms with van der Waals surface area (Å²) in [4.78, 5) is 34.1. The maximum Gasteiger partial charge on any atom is 0.350 e. The van der Waals surface area contributed by atoms with E-state index in [0.717, 1.165) is 33.0 Å². The molecule has 2 aliphatic rings. The Morgan fingerprint density at radius 2 is 2.03 bits per heavy atom. The second-order valence-corrected chi connectivity index (χ2v) is 10.2. The van der Waals surface area contributed by atoms with Crippen LogP contribution in [0.3, 0.4) is 0 Å². The van der Waals surface area contributed by atoms with Gasteiger partial charge in [0.2, 0.25) is 5.91 Å². The highest BCUT2D eigenvalue weighted by molar-refractivity contribution is 6.35. The number of benzene rings is 2. The molecule has 1 saturated heterocycles. The molecular weight excluding hydrogens is 492 g/mol. The largest absolute Gasteiger partial charge is 0.489 e. The minimum absolute atomic E-state index is 0.0706. The van der Waals surface area contributed by atoms with Gasteiger partial charge in [0.1, 0.15) is 12.4 Å². The van der Waals surface area contributed by atoms with Gasteiger partial charge in [-0.25, -0.2) is 4.79 Å². The van der Waals surface area contributed by atoms with E-state index < -0.39 is 0 Å². The molecule has 9 nitrogen and oxygen atoms in total.